The second-order valence-electron chi connectivity index (χ2n) is 6.64. The fourth-order valence-electron chi connectivity index (χ4n) is 5.18. The van der Waals surface area contributed by atoms with Gasteiger partial charge >= 0.3 is 0 Å². The zero-order valence-corrected chi connectivity index (χ0v) is 11.5. The summed E-state index contributed by atoms with van der Waals surface area (Å²) in [6, 6.07) is 0.589. The van der Waals surface area contributed by atoms with Crippen molar-refractivity contribution in [1.29, 1.82) is 0 Å². The summed E-state index contributed by atoms with van der Waals surface area (Å²) < 4.78 is 0. The van der Waals surface area contributed by atoms with Gasteiger partial charge in [0.2, 0.25) is 0 Å². The van der Waals surface area contributed by atoms with Gasteiger partial charge in [-0.2, -0.15) is 0 Å². The van der Waals surface area contributed by atoms with Crippen LogP contribution in [0.3, 0.4) is 0 Å². The molecule has 4 fully saturated rings. The van der Waals surface area contributed by atoms with E-state index in [9.17, 15) is 0 Å². The molecule has 0 amide bonds. The van der Waals surface area contributed by atoms with Crippen LogP contribution in [-0.2, 0) is 0 Å². The van der Waals surface area contributed by atoms with Crippen molar-refractivity contribution in [3.8, 4) is 0 Å². The lowest BCUT2D eigenvalue weighted by Gasteiger charge is -2.56. The minimum Gasteiger partial charge on any atom is -0.392 e. The summed E-state index contributed by atoms with van der Waals surface area (Å²) in [7, 11) is 0. The van der Waals surface area contributed by atoms with Crippen molar-refractivity contribution in [3.05, 3.63) is 0 Å². The van der Waals surface area contributed by atoms with E-state index in [0.717, 1.165) is 29.6 Å². The molecule has 4 aliphatic carbocycles. The third kappa shape index (κ3) is 2.24. The minimum atomic E-state index is 0.589. The molecule has 0 saturated heterocycles. The highest BCUT2D eigenvalue weighted by molar-refractivity contribution is 7.80. The van der Waals surface area contributed by atoms with Crippen LogP contribution in [0.4, 0.5) is 0 Å². The molecule has 0 radical (unpaired) electrons. The summed E-state index contributed by atoms with van der Waals surface area (Å²) in [5, 5.41) is 3.54. The molecule has 4 aliphatic rings. The smallest absolute Gasteiger partial charge is 0.0867 e. The molecule has 0 aliphatic heterocycles. The largest absolute Gasteiger partial charge is 0.392 e. The molecule has 1 atom stereocenters. The Labute approximate surface area is 110 Å². The van der Waals surface area contributed by atoms with Gasteiger partial charge < -0.3 is 11.1 Å². The Morgan fingerprint density at radius 2 is 1.71 bits per heavy atom. The van der Waals surface area contributed by atoms with Crippen LogP contribution < -0.4 is 11.1 Å². The van der Waals surface area contributed by atoms with Crippen molar-refractivity contribution in [2.24, 2.45) is 35.3 Å². The second kappa shape index (κ2) is 4.51. The molecule has 0 aromatic carbocycles. The minimum absolute atomic E-state index is 0.589. The molecule has 1 unspecified atom stereocenters. The van der Waals surface area contributed by atoms with Gasteiger partial charge in [0.15, 0.2) is 0 Å². The lowest BCUT2D eigenvalue weighted by atomic mass is 9.50. The van der Waals surface area contributed by atoms with Crippen LogP contribution in [0.1, 0.15) is 39.0 Å². The highest BCUT2D eigenvalue weighted by Gasteiger charge is 2.49. The van der Waals surface area contributed by atoms with Gasteiger partial charge in [0, 0.05) is 12.6 Å². The number of nitrogens with one attached hydrogen (secondary N) is 1. The highest BCUT2D eigenvalue weighted by Crippen LogP contribution is 2.57. The van der Waals surface area contributed by atoms with E-state index < -0.39 is 0 Å². The van der Waals surface area contributed by atoms with Crippen molar-refractivity contribution in [1.82, 2.24) is 5.32 Å². The molecule has 0 spiro atoms. The average molecular weight is 252 g/mol. The Kier molecular flexibility index (Phi) is 3.16. The lowest BCUT2D eigenvalue weighted by Crippen LogP contribution is -2.52. The molecular formula is C14H24N2S. The van der Waals surface area contributed by atoms with Crippen LogP contribution in [0.2, 0.25) is 0 Å². The normalized spacial score (nSPS) is 44.9. The number of hydrogen-bond donors (Lipinski definition) is 2. The van der Waals surface area contributed by atoms with Crippen molar-refractivity contribution < 1.29 is 0 Å². The van der Waals surface area contributed by atoms with E-state index in [1.807, 2.05) is 0 Å². The zero-order chi connectivity index (χ0) is 12.0. The molecule has 2 nitrogen and oxygen atoms in total. The molecule has 17 heavy (non-hydrogen) atoms. The predicted octanol–water partition coefficient (Wildman–Crippen LogP) is 2.32. The fraction of sp³-hybridized carbons (Fsp3) is 0.929. The van der Waals surface area contributed by atoms with Crippen molar-refractivity contribution >= 4 is 17.2 Å². The summed E-state index contributed by atoms with van der Waals surface area (Å²) in [4.78, 5) is 0.598. The number of nitrogens with two attached hydrogens (primary N) is 1. The molecule has 0 aromatic heterocycles. The van der Waals surface area contributed by atoms with E-state index in [1.54, 1.807) is 0 Å². The van der Waals surface area contributed by atoms with Gasteiger partial charge in [-0.1, -0.05) is 12.2 Å². The molecular weight excluding hydrogens is 228 g/mol. The van der Waals surface area contributed by atoms with Gasteiger partial charge in [0.25, 0.3) is 0 Å². The van der Waals surface area contributed by atoms with E-state index in [1.165, 1.54) is 32.1 Å². The predicted molar refractivity (Wildman–Crippen MR) is 74.8 cm³/mol. The summed E-state index contributed by atoms with van der Waals surface area (Å²) in [6.07, 6.45) is 7.52. The Morgan fingerprint density at radius 1 is 1.18 bits per heavy atom. The second-order valence-corrected chi connectivity index (χ2v) is 7.17. The standard InChI is InChI=1S/C14H24N2S/c1-8(16-7-13(15)17)14-11-3-9-2-10(5-11)6-12(14)4-9/h8-12,14,16H,2-7H2,1H3,(H2,15,17). The average Bonchev–Trinajstić information content (AvgIpc) is 2.24. The van der Waals surface area contributed by atoms with E-state index in [-0.39, 0.29) is 0 Å². The van der Waals surface area contributed by atoms with E-state index in [0.29, 0.717) is 17.6 Å². The van der Waals surface area contributed by atoms with Crippen LogP contribution >= 0.6 is 12.2 Å². The third-order valence-corrected chi connectivity index (χ3v) is 5.62. The van der Waals surface area contributed by atoms with E-state index in [4.69, 9.17) is 18.0 Å². The molecule has 4 rings (SSSR count). The molecule has 0 heterocycles. The molecule has 96 valence electrons. The van der Waals surface area contributed by atoms with E-state index >= 15 is 0 Å². The topological polar surface area (TPSA) is 38.0 Å². The highest BCUT2D eigenvalue weighted by atomic mass is 32.1. The number of rotatable bonds is 4. The van der Waals surface area contributed by atoms with Gasteiger partial charge in [0.1, 0.15) is 0 Å². The molecule has 0 aromatic rings. The SMILES string of the molecule is CC(NCC(N)=S)C1C2CC3CC(C2)CC1C3. The molecule has 3 N–H and O–H groups in total. The van der Waals surface area contributed by atoms with Crippen molar-refractivity contribution in [2.45, 2.75) is 45.1 Å². The summed E-state index contributed by atoms with van der Waals surface area (Å²) >= 11 is 4.96. The van der Waals surface area contributed by atoms with Crippen LogP contribution in [0.5, 0.6) is 0 Å². The quantitative estimate of drug-likeness (QED) is 0.754. The fourth-order valence-corrected chi connectivity index (χ4v) is 5.26. The molecule has 3 heteroatoms. The zero-order valence-electron chi connectivity index (χ0n) is 10.7. The van der Waals surface area contributed by atoms with Crippen molar-refractivity contribution in [2.75, 3.05) is 6.54 Å². The first-order valence-electron chi connectivity index (χ1n) is 7.15. The Hall–Kier alpha value is -0.150. The number of hydrogen-bond acceptors (Lipinski definition) is 2. The first-order chi connectivity index (χ1) is 8.13. The Morgan fingerprint density at radius 3 is 2.18 bits per heavy atom. The van der Waals surface area contributed by atoms with Crippen LogP contribution in [0.15, 0.2) is 0 Å². The Bertz CT molecular complexity index is 287. The lowest BCUT2D eigenvalue weighted by molar-refractivity contribution is -0.0486. The molecule has 4 saturated carbocycles. The van der Waals surface area contributed by atoms with Gasteiger partial charge in [-0.25, -0.2) is 0 Å². The maximum atomic E-state index is 5.58. The maximum absolute atomic E-state index is 5.58. The van der Waals surface area contributed by atoms with Crippen LogP contribution in [-0.4, -0.2) is 17.6 Å². The summed E-state index contributed by atoms with van der Waals surface area (Å²) in [5.74, 6) is 4.99. The first kappa shape index (κ1) is 11.9. The summed E-state index contributed by atoms with van der Waals surface area (Å²) in [5.41, 5.74) is 5.58. The monoisotopic (exact) mass is 252 g/mol. The van der Waals surface area contributed by atoms with Crippen LogP contribution in [0, 0.1) is 29.6 Å². The van der Waals surface area contributed by atoms with Crippen LogP contribution in [0.25, 0.3) is 0 Å². The number of thiocarbonyl (C=S) groups is 1. The van der Waals surface area contributed by atoms with Gasteiger partial charge in [0.05, 0.1) is 4.99 Å². The Balaban J connectivity index is 1.65. The van der Waals surface area contributed by atoms with E-state index in [2.05, 4.69) is 12.2 Å². The van der Waals surface area contributed by atoms with Gasteiger partial charge in [-0.15, -0.1) is 0 Å². The maximum Gasteiger partial charge on any atom is 0.0867 e. The third-order valence-electron chi connectivity index (χ3n) is 5.48. The van der Waals surface area contributed by atoms with Crippen molar-refractivity contribution in [3.63, 3.8) is 0 Å². The first-order valence-corrected chi connectivity index (χ1v) is 7.56. The van der Waals surface area contributed by atoms with Gasteiger partial charge in [-0.05, 0) is 68.6 Å². The van der Waals surface area contributed by atoms with Gasteiger partial charge in [-0.3, -0.25) is 0 Å². The summed E-state index contributed by atoms with van der Waals surface area (Å²) in [6.45, 7) is 3.05. The molecule has 4 bridgehead atoms.